The van der Waals surface area contributed by atoms with Crippen LogP contribution in [0, 0.1) is 6.92 Å². The predicted molar refractivity (Wildman–Crippen MR) is 69.4 cm³/mol. The zero-order valence-corrected chi connectivity index (χ0v) is 10.1. The summed E-state index contributed by atoms with van der Waals surface area (Å²) in [6.07, 6.45) is 1.58. The van der Waals surface area contributed by atoms with Crippen molar-refractivity contribution in [3.05, 3.63) is 35.7 Å². The molecule has 1 aromatic carbocycles. The van der Waals surface area contributed by atoms with Crippen molar-refractivity contribution in [2.45, 2.75) is 13.8 Å². The van der Waals surface area contributed by atoms with Crippen molar-refractivity contribution in [3.8, 4) is 0 Å². The minimum Gasteiger partial charge on any atom is -0.403 e. The van der Waals surface area contributed by atoms with Gasteiger partial charge in [-0.2, -0.15) is 0 Å². The lowest BCUT2D eigenvalue weighted by Gasteiger charge is -2.29. The molecule has 0 saturated heterocycles. The Morgan fingerprint density at radius 1 is 1.56 bits per heavy atom. The van der Waals surface area contributed by atoms with Crippen molar-refractivity contribution in [1.29, 1.82) is 0 Å². The molecule has 0 saturated carbocycles. The maximum Gasteiger partial charge on any atom is 0.126 e. The lowest BCUT2D eigenvalue weighted by atomic mass is 10.1. The standard InChI is InChI=1S/C12H14ClN3/c1-8-3-4-10-11(5-8)16(9(2)6-14)7-12(13)15-10/h3-6H,7,14H2,1-2H3/b9-6-. The van der Waals surface area contributed by atoms with Gasteiger partial charge in [-0.15, -0.1) is 0 Å². The van der Waals surface area contributed by atoms with E-state index in [1.165, 1.54) is 5.56 Å². The third-order valence-corrected chi connectivity index (χ3v) is 2.82. The topological polar surface area (TPSA) is 41.6 Å². The number of nitrogens with two attached hydrogens (primary N) is 1. The monoisotopic (exact) mass is 235 g/mol. The number of nitrogens with zero attached hydrogens (tertiary/aromatic N) is 2. The summed E-state index contributed by atoms with van der Waals surface area (Å²) in [6, 6.07) is 6.09. The van der Waals surface area contributed by atoms with Crippen LogP contribution in [0.4, 0.5) is 11.4 Å². The molecule has 0 unspecified atom stereocenters. The third kappa shape index (κ3) is 1.91. The average Bonchev–Trinajstić information content (AvgIpc) is 2.27. The Kier molecular flexibility index (Phi) is 2.88. The first-order chi connectivity index (χ1) is 7.61. The number of anilines is 1. The first-order valence-electron chi connectivity index (χ1n) is 5.11. The van der Waals surface area contributed by atoms with Gasteiger partial charge in [0.1, 0.15) is 5.17 Å². The minimum absolute atomic E-state index is 0.581. The highest BCUT2D eigenvalue weighted by Gasteiger charge is 2.19. The van der Waals surface area contributed by atoms with Crippen molar-refractivity contribution >= 4 is 28.1 Å². The number of allylic oxidation sites excluding steroid dienone is 1. The second-order valence-electron chi connectivity index (χ2n) is 3.87. The van der Waals surface area contributed by atoms with Crippen LogP contribution in [0.25, 0.3) is 0 Å². The summed E-state index contributed by atoms with van der Waals surface area (Å²) < 4.78 is 0. The summed E-state index contributed by atoms with van der Waals surface area (Å²) in [5, 5.41) is 0.581. The quantitative estimate of drug-likeness (QED) is 0.813. The molecule has 1 aromatic rings. The zero-order chi connectivity index (χ0) is 11.7. The van der Waals surface area contributed by atoms with Gasteiger partial charge in [-0.25, -0.2) is 4.99 Å². The van der Waals surface area contributed by atoms with E-state index >= 15 is 0 Å². The predicted octanol–water partition coefficient (Wildman–Crippen LogP) is 2.90. The van der Waals surface area contributed by atoms with Crippen LogP contribution in [0.2, 0.25) is 0 Å². The van der Waals surface area contributed by atoms with Crippen molar-refractivity contribution in [2.24, 2.45) is 10.7 Å². The Morgan fingerprint density at radius 3 is 3.00 bits per heavy atom. The zero-order valence-electron chi connectivity index (χ0n) is 9.37. The van der Waals surface area contributed by atoms with Crippen LogP contribution in [0.5, 0.6) is 0 Å². The molecule has 0 spiro atoms. The summed E-state index contributed by atoms with van der Waals surface area (Å²) in [4.78, 5) is 6.39. The Hall–Kier alpha value is -1.48. The summed E-state index contributed by atoms with van der Waals surface area (Å²) in [5.41, 5.74) is 9.68. The van der Waals surface area contributed by atoms with Crippen LogP contribution in [0.1, 0.15) is 12.5 Å². The van der Waals surface area contributed by atoms with E-state index in [9.17, 15) is 0 Å². The fourth-order valence-corrected chi connectivity index (χ4v) is 1.94. The van der Waals surface area contributed by atoms with E-state index < -0.39 is 0 Å². The van der Waals surface area contributed by atoms with Gasteiger partial charge in [0.2, 0.25) is 0 Å². The van der Waals surface area contributed by atoms with Gasteiger partial charge in [0.05, 0.1) is 17.9 Å². The number of halogens is 1. The normalized spacial score (nSPS) is 15.8. The smallest absolute Gasteiger partial charge is 0.126 e. The molecule has 4 heteroatoms. The molecule has 0 aromatic heterocycles. The van der Waals surface area contributed by atoms with Crippen molar-refractivity contribution in [3.63, 3.8) is 0 Å². The van der Waals surface area contributed by atoms with Gasteiger partial charge in [0, 0.05) is 11.9 Å². The number of aryl methyl sites for hydroxylation is 1. The molecule has 0 atom stereocenters. The maximum absolute atomic E-state index is 6.02. The molecule has 0 fully saturated rings. The number of benzene rings is 1. The number of fused-ring (bicyclic) bond motifs is 1. The van der Waals surface area contributed by atoms with Crippen LogP contribution in [-0.2, 0) is 0 Å². The molecule has 16 heavy (non-hydrogen) atoms. The molecule has 0 bridgehead atoms. The number of aliphatic imine (C=N–C) groups is 1. The van der Waals surface area contributed by atoms with E-state index in [1.54, 1.807) is 6.20 Å². The van der Waals surface area contributed by atoms with E-state index in [-0.39, 0.29) is 0 Å². The number of hydrogen-bond donors (Lipinski definition) is 1. The SMILES string of the molecule is C/C(=C/N)N1CC(Cl)=Nc2ccc(C)cc21. The van der Waals surface area contributed by atoms with Gasteiger partial charge in [-0.3, -0.25) is 0 Å². The molecular weight excluding hydrogens is 222 g/mol. The lowest BCUT2D eigenvalue weighted by molar-refractivity contribution is 1.01. The first-order valence-corrected chi connectivity index (χ1v) is 5.49. The Balaban J connectivity index is 2.55. The molecule has 1 heterocycles. The Morgan fingerprint density at radius 2 is 2.31 bits per heavy atom. The Bertz CT molecular complexity index is 477. The first kappa shape index (κ1) is 11.0. The molecule has 2 N–H and O–H groups in total. The average molecular weight is 236 g/mol. The summed E-state index contributed by atoms with van der Waals surface area (Å²) >= 11 is 6.02. The van der Waals surface area contributed by atoms with Gasteiger partial charge in [0.25, 0.3) is 0 Å². The molecule has 1 aliphatic heterocycles. The van der Waals surface area contributed by atoms with Crippen LogP contribution in [0.15, 0.2) is 35.1 Å². The van der Waals surface area contributed by atoms with Crippen molar-refractivity contribution < 1.29 is 0 Å². The van der Waals surface area contributed by atoms with E-state index in [0.717, 1.165) is 17.1 Å². The second kappa shape index (κ2) is 4.18. The highest BCUT2D eigenvalue weighted by molar-refractivity contribution is 6.66. The van der Waals surface area contributed by atoms with E-state index in [0.29, 0.717) is 11.7 Å². The van der Waals surface area contributed by atoms with Crippen molar-refractivity contribution in [1.82, 2.24) is 0 Å². The summed E-state index contributed by atoms with van der Waals surface area (Å²) in [5.74, 6) is 0. The fraction of sp³-hybridized carbons (Fsp3) is 0.250. The number of rotatable bonds is 1. The van der Waals surface area contributed by atoms with Crippen molar-refractivity contribution in [2.75, 3.05) is 11.4 Å². The van der Waals surface area contributed by atoms with Gasteiger partial charge in [0.15, 0.2) is 0 Å². The van der Waals surface area contributed by atoms with Crippen LogP contribution in [-0.4, -0.2) is 11.7 Å². The highest BCUT2D eigenvalue weighted by Crippen LogP contribution is 2.35. The summed E-state index contributed by atoms with van der Waals surface area (Å²) in [7, 11) is 0. The minimum atomic E-state index is 0.581. The van der Waals surface area contributed by atoms with E-state index in [4.69, 9.17) is 17.3 Å². The van der Waals surface area contributed by atoms with E-state index in [2.05, 4.69) is 22.9 Å². The van der Waals surface area contributed by atoms with Gasteiger partial charge in [-0.1, -0.05) is 17.7 Å². The van der Waals surface area contributed by atoms with E-state index in [1.807, 2.05) is 19.1 Å². The van der Waals surface area contributed by atoms with Crippen LogP contribution in [0.3, 0.4) is 0 Å². The lowest BCUT2D eigenvalue weighted by Crippen LogP contribution is -2.29. The maximum atomic E-state index is 6.02. The molecule has 0 radical (unpaired) electrons. The van der Waals surface area contributed by atoms with Crippen LogP contribution < -0.4 is 10.6 Å². The van der Waals surface area contributed by atoms with Gasteiger partial charge >= 0.3 is 0 Å². The third-order valence-electron chi connectivity index (χ3n) is 2.62. The van der Waals surface area contributed by atoms with Gasteiger partial charge < -0.3 is 10.6 Å². The molecule has 1 aliphatic rings. The molecule has 0 aliphatic carbocycles. The second-order valence-corrected chi connectivity index (χ2v) is 4.31. The Labute approximate surface area is 100 Å². The highest BCUT2D eigenvalue weighted by atomic mass is 35.5. The van der Waals surface area contributed by atoms with Crippen LogP contribution >= 0.6 is 11.6 Å². The van der Waals surface area contributed by atoms with Gasteiger partial charge in [-0.05, 0) is 31.5 Å². The molecule has 2 rings (SSSR count). The molecule has 0 amide bonds. The fourth-order valence-electron chi connectivity index (χ4n) is 1.73. The molecule has 84 valence electrons. The molecule has 3 nitrogen and oxygen atoms in total. The largest absolute Gasteiger partial charge is 0.403 e. The summed E-state index contributed by atoms with van der Waals surface area (Å²) in [6.45, 7) is 4.60. The molecular formula is C12H14ClN3. The number of hydrogen-bond acceptors (Lipinski definition) is 3.